The normalized spacial score (nSPS) is 21.3. The van der Waals surface area contributed by atoms with Gasteiger partial charge in [0.15, 0.2) is 0 Å². The van der Waals surface area contributed by atoms with Gasteiger partial charge in [-0.15, -0.1) is 6.58 Å². The third-order valence-electron chi connectivity index (χ3n) is 1.63. The first-order valence-corrected chi connectivity index (χ1v) is 3.40. The molecular formula is C8H12O4. The molecule has 4 heteroatoms. The molecule has 1 heterocycles. The van der Waals surface area contributed by atoms with Gasteiger partial charge in [-0.05, 0) is 6.42 Å². The summed E-state index contributed by atoms with van der Waals surface area (Å²) >= 11 is 0. The lowest BCUT2D eigenvalue weighted by molar-refractivity contribution is -0.133. The number of hydrogen-bond acceptors (Lipinski definition) is 2. The van der Waals surface area contributed by atoms with Crippen LogP contribution in [0.2, 0.25) is 0 Å². The largest absolute Gasteiger partial charge is 0.500 e. The predicted octanol–water partition coefficient (Wildman–Crippen LogP) is 0.353. The molecule has 0 aliphatic carbocycles. The van der Waals surface area contributed by atoms with E-state index in [4.69, 9.17) is 9.84 Å². The van der Waals surface area contributed by atoms with Crippen LogP contribution in [-0.2, 0) is 9.53 Å². The highest BCUT2D eigenvalue weighted by Crippen LogP contribution is 2.18. The van der Waals surface area contributed by atoms with Crippen LogP contribution in [0.5, 0.6) is 0 Å². The minimum atomic E-state index is -0.906. The smallest absolute Gasteiger partial charge is 0.334 e. The standard InChI is InChI=1S/C8H10O3.H2O/c1-2-6-3-7(8(9)10)5-11-4-6;/h2,5-6H,1,3-4H2,(H,9,10);1H2. The van der Waals surface area contributed by atoms with Crippen LogP contribution in [-0.4, -0.2) is 23.2 Å². The van der Waals surface area contributed by atoms with Gasteiger partial charge in [0, 0.05) is 5.92 Å². The summed E-state index contributed by atoms with van der Waals surface area (Å²) in [5.74, 6) is -0.761. The van der Waals surface area contributed by atoms with Gasteiger partial charge in [-0.25, -0.2) is 4.79 Å². The second-order valence-corrected chi connectivity index (χ2v) is 2.48. The van der Waals surface area contributed by atoms with Gasteiger partial charge < -0.3 is 15.3 Å². The maximum Gasteiger partial charge on any atom is 0.334 e. The van der Waals surface area contributed by atoms with Crippen molar-refractivity contribution in [1.82, 2.24) is 0 Å². The van der Waals surface area contributed by atoms with Gasteiger partial charge >= 0.3 is 5.97 Å². The molecule has 1 rings (SSSR count). The molecule has 0 fully saturated rings. The molecule has 0 bridgehead atoms. The van der Waals surface area contributed by atoms with Crippen LogP contribution < -0.4 is 0 Å². The van der Waals surface area contributed by atoms with E-state index >= 15 is 0 Å². The molecule has 68 valence electrons. The molecule has 1 unspecified atom stereocenters. The molecule has 0 saturated carbocycles. The first-order valence-electron chi connectivity index (χ1n) is 3.40. The Bertz CT molecular complexity index is 207. The van der Waals surface area contributed by atoms with E-state index < -0.39 is 5.97 Å². The highest BCUT2D eigenvalue weighted by molar-refractivity contribution is 5.86. The molecule has 1 atom stereocenters. The monoisotopic (exact) mass is 172 g/mol. The summed E-state index contributed by atoms with van der Waals surface area (Å²) in [6, 6.07) is 0. The fourth-order valence-electron chi connectivity index (χ4n) is 0.951. The molecule has 12 heavy (non-hydrogen) atoms. The van der Waals surface area contributed by atoms with Gasteiger partial charge in [0.2, 0.25) is 0 Å². The lowest BCUT2D eigenvalue weighted by Crippen LogP contribution is -2.15. The Kier molecular flexibility index (Phi) is 4.07. The van der Waals surface area contributed by atoms with Crippen molar-refractivity contribution in [3.63, 3.8) is 0 Å². The molecule has 0 aromatic carbocycles. The first-order chi connectivity index (χ1) is 5.24. The van der Waals surface area contributed by atoms with Gasteiger partial charge in [-0.1, -0.05) is 6.08 Å². The minimum Gasteiger partial charge on any atom is -0.500 e. The summed E-state index contributed by atoms with van der Waals surface area (Å²) in [4.78, 5) is 10.4. The van der Waals surface area contributed by atoms with E-state index in [2.05, 4.69) is 6.58 Å². The van der Waals surface area contributed by atoms with E-state index in [1.807, 2.05) is 0 Å². The fraction of sp³-hybridized carbons (Fsp3) is 0.375. The number of carbonyl (C=O) groups is 1. The molecule has 3 N–H and O–H groups in total. The van der Waals surface area contributed by atoms with Gasteiger partial charge in [-0.3, -0.25) is 0 Å². The number of carboxylic acid groups (broad SMARTS) is 1. The maximum absolute atomic E-state index is 10.4. The molecule has 0 saturated heterocycles. The Labute approximate surface area is 70.5 Å². The Morgan fingerprint density at radius 3 is 3.00 bits per heavy atom. The molecule has 0 radical (unpaired) electrons. The average molecular weight is 172 g/mol. The van der Waals surface area contributed by atoms with Crippen molar-refractivity contribution >= 4 is 5.97 Å². The molecule has 1 aliphatic heterocycles. The number of rotatable bonds is 2. The van der Waals surface area contributed by atoms with Gasteiger partial charge in [0.1, 0.15) is 0 Å². The van der Waals surface area contributed by atoms with Crippen molar-refractivity contribution in [2.45, 2.75) is 6.42 Å². The van der Waals surface area contributed by atoms with Crippen LogP contribution >= 0.6 is 0 Å². The van der Waals surface area contributed by atoms with Crippen molar-refractivity contribution < 1.29 is 20.1 Å². The van der Waals surface area contributed by atoms with Crippen LogP contribution in [0.15, 0.2) is 24.5 Å². The predicted molar refractivity (Wildman–Crippen MR) is 43.6 cm³/mol. The van der Waals surface area contributed by atoms with Crippen LogP contribution in [0.3, 0.4) is 0 Å². The molecule has 0 aromatic heterocycles. The Morgan fingerprint density at radius 2 is 2.50 bits per heavy atom. The number of hydrogen-bond donors (Lipinski definition) is 1. The molecule has 0 amide bonds. The zero-order valence-electron chi connectivity index (χ0n) is 6.62. The molecule has 0 spiro atoms. The third kappa shape index (κ3) is 2.39. The third-order valence-corrected chi connectivity index (χ3v) is 1.63. The van der Waals surface area contributed by atoms with E-state index in [0.717, 1.165) is 0 Å². The zero-order valence-corrected chi connectivity index (χ0v) is 6.62. The van der Waals surface area contributed by atoms with Crippen LogP contribution in [0.25, 0.3) is 0 Å². The van der Waals surface area contributed by atoms with Crippen LogP contribution in [0.4, 0.5) is 0 Å². The van der Waals surface area contributed by atoms with Crippen LogP contribution in [0, 0.1) is 5.92 Å². The second kappa shape index (κ2) is 4.56. The highest BCUT2D eigenvalue weighted by Gasteiger charge is 2.17. The molecule has 1 aliphatic rings. The second-order valence-electron chi connectivity index (χ2n) is 2.48. The van der Waals surface area contributed by atoms with E-state index in [0.29, 0.717) is 18.6 Å². The minimum absolute atomic E-state index is 0. The molecule has 0 aromatic rings. The summed E-state index contributed by atoms with van der Waals surface area (Å²) < 4.78 is 4.93. The lowest BCUT2D eigenvalue weighted by atomic mass is 9.99. The van der Waals surface area contributed by atoms with Crippen molar-refractivity contribution in [2.24, 2.45) is 5.92 Å². The van der Waals surface area contributed by atoms with Gasteiger partial charge in [0.25, 0.3) is 0 Å². The molecular weight excluding hydrogens is 160 g/mol. The fourth-order valence-corrected chi connectivity index (χ4v) is 0.951. The Balaban J connectivity index is 0.00000121. The Morgan fingerprint density at radius 1 is 1.83 bits per heavy atom. The highest BCUT2D eigenvalue weighted by atomic mass is 16.5. The van der Waals surface area contributed by atoms with Crippen molar-refractivity contribution in [1.29, 1.82) is 0 Å². The Hall–Kier alpha value is -1.29. The summed E-state index contributed by atoms with van der Waals surface area (Å²) in [6.45, 7) is 4.12. The zero-order chi connectivity index (χ0) is 8.27. The summed E-state index contributed by atoms with van der Waals surface area (Å²) in [7, 11) is 0. The summed E-state index contributed by atoms with van der Waals surface area (Å²) in [5.41, 5.74) is 0.321. The van der Waals surface area contributed by atoms with Crippen LogP contribution in [0.1, 0.15) is 6.42 Å². The van der Waals surface area contributed by atoms with E-state index in [9.17, 15) is 4.79 Å². The van der Waals surface area contributed by atoms with E-state index in [1.165, 1.54) is 6.26 Å². The van der Waals surface area contributed by atoms with Crippen molar-refractivity contribution in [2.75, 3.05) is 6.61 Å². The quantitative estimate of drug-likeness (QED) is 0.610. The SMILES string of the molecule is C=CC1COC=C(C(=O)O)C1.O. The number of ether oxygens (including phenoxy) is 1. The summed E-state index contributed by atoms with van der Waals surface area (Å²) in [6.07, 6.45) is 3.55. The average Bonchev–Trinajstić information content (AvgIpc) is 2.05. The lowest BCUT2D eigenvalue weighted by Gasteiger charge is -2.17. The van der Waals surface area contributed by atoms with Crippen molar-refractivity contribution in [3.05, 3.63) is 24.5 Å². The van der Waals surface area contributed by atoms with Crippen molar-refractivity contribution in [3.8, 4) is 0 Å². The van der Waals surface area contributed by atoms with Gasteiger partial charge in [-0.2, -0.15) is 0 Å². The maximum atomic E-state index is 10.4. The summed E-state index contributed by atoms with van der Waals surface area (Å²) in [5, 5.41) is 8.57. The number of carboxylic acids is 1. The van der Waals surface area contributed by atoms with E-state index in [1.54, 1.807) is 6.08 Å². The van der Waals surface area contributed by atoms with Gasteiger partial charge in [0.05, 0.1) is 18.4 Å². The van der Waals surface area contributed by atoms with E-state index in [-0.39, 0.29) is 11.4 Å². The molecule has 4 nitrogen and oxygen atoms in total. The topological polar surface area (TPSA) is 78.0 Å². The first kappa shape index (κ1) is 10.7. The number of aliphatic carboxylic acids is 1.